The third-order valence-electron chi connectivity index (χ3n) is 4.91. The zero-order valence-corrected chi connectivity index (χ0v) is 13.0. The van der Waals surface area contributed by atoms with E-state index in [2.05, 4.69) is 22.1 Å². The van der Waals surface area contributed by atoms with Gasteiger partial charge in [-0.2, -0.15) is 0 Å². The fraction of sp³-hybridized carbons (Fsp3) is 0.500. The summed E-state index contributed by atoms with van der Waals surface area (Å²) < 4.78 is 14.2. The zero-order valence-electron chi connectivity index (χ0n) is 13.0. The highest BCUT2D eigenvalue weighted by atomic mass is 19.1. The maximum atomic E-state index is 14.2. The molecule has 1 aromatic heterocycles. The summed E-state index contributed by atoms with van der Waals surface area (Å²) in [5.74, 6) is -0.203. The van der Waals surface area contributed by atoms with Crippen LogP contribution < -0.4 is 5.32 Å². The second kappa shape index (κ2) is 5.60. The van der Waals surface area contributed by atoms with Crippen molar-refractivity contribution in [2.45, 2.75) is 45.3 Å². The molecule has 0 spiro atoms. The van der Waals surface area contributed by atoms with Gasteiger partial charge in [0.25, 0.3) is 0 Å². The average Bonchev–Trinajstić information content (AvgIpc) is 3.36. The molecular weight excluding hydrogens is 277 g/mol. The molecular formula is C18H22FN3. The van der Waals surface area contributed by atoms with Gasteiger partial charge in [-0.15, -0.1) is 0 Å². The minimum absolute atomic E-state index is 0.203. The molecule has 1 saturated carbocycles. The van der Waals surface area contributed by atoms with Crippen LogP contribution in [-0.2, 0) is 19.5 Å². The van der Waals surface area contributed by atoms with E-state index in [1.165, 1.54) is 30.0 Å². The first-order chi connectivity index (χ1) is 10.8. The second-order valence-corrected chi connectivity index (χ2v) is 6.43. The summed E-state index contributed by atoms with van der Waals surface area (Å²) in [6.07, 6.45) is 3.45. The minimum atomic E-state index is -0.203. The first-order valence-electron chi connectivity index (χ1n) is 8.31. The number of pyridine rings is 1. The summed E-state index contributed by atoms with van der Waals surface area (Å²) in [7, 11) is 0. The molecule has 1 aromatic carbocycles. The number of hydrogen-bond donors (Lipinski definition) is 1. The lowest BCUT2D eigenvalue weighted by Crippen LogP contribution is -2.32. The van der Waals surface area contributed by atoms with Crippen molar-refractivity contribution in [3.63, 3.8) is 0 Å². The van der Waals surface area contributed by atoms with Crippen LogP contribution in [0.15, 0.2) is 18.2 Å². The number of nitrogens with one attached hydrogen (secondary N) is 1. The maximum absolute atomic E-state index is 14.2. The van der Waals surface area contributed by atoms with Crippen molar-refractivity contribution in [2.24, 2.45) is 0 Å². The van der Waals surface area contributed by atoms with Crippen molar-refractivity contribution in [3.8, 4) is 0 Å². The molecule has 1 aliphatic heterocycles. The molecule has 0 radical (unpaired) electrons. The Morgan fingerprint density at radius 2 is 2.23 bits per heavy atom. The van der Waals surface area contributed by atoms with Crippen LogP contribution in [0.5, 0.6) is 0 Å². The van der Waals surface area contributed by atoms with Crippen molar-refractivity contribution < 1.29 is 4.39 Å². The molecule has 116 valence electrons. The number of hydrogen-bond acceptors (Lipinski definition) is 3. The van der Waals surface area contributed by atoms with Crippen LogP contribution in [0.2, 0.25) is 0 Å². The van der Waals surface area contributed by atoms with Gasteiger partial charge < -0.3 is 5.32 Å². The molecule has 1 N–H and O–H groups in total. The molecule has 2 aliphatic rings. The van der Waals surface area contributed by atoms with Crippen LogP contribution in [0.1, 0.15) is 36.6 Å². The van der Waals surface area contributed by atoms with Gasteiger partial charge in [0.05, 0.1) is 0 Å². The summed E-state index contributed by atoms with van der Waals surface area (Å²) in [5, 5.41) is 4.58. The number of halogens is 1. The molecule has 22 heavy (non-hydrogen) atoms. The molecule has 0 unspecified atom stereocenters. The van der Waals surface area contributed by atoms with E-state index in [1.54, 1.807) is 6.07 Å². The highest BCUT2D eigenvalue weighted by Gasteiger charge is 2.25. The van der Waals surface area contributed by atoms with Gasteiger partial charge in [0, 0.05) is 43.2 Å². The number of likely N-dealkylation sites (N-methyl/N-ethyl adjacent to an activating group) is 1. The van der Waals surface area contributed by atoms with E-state index in [9.17, 15) is 4.39 Å². The SMILES string of the molecule is CCN1CCc2nc3c(F)cccc3c(CNC3CC3)c2C1. The molecule has 4 rings (SSSR count). The summed E-state index contributed by atoms with van der Waals surface area (Å²) in [4.78, 5) is 7.10. The zero-order chi connectivity index (χ0) is 15.1. The largest absolute Gasteiger partial charge is 0.310 e. The number of para-hydroxylation sites is 1. The van der Waals surface area contributed by atoms with Crippen molar-refractivity contribution >= 4 is 10.9 Å². The van der Waals surface area contributed by atoms with E-state index in [0.717, 1.165) is 43.7 Å². The Bertz CT molecular complexity index is 709. The van der Waals surface area contributed by atoms with Crippen LogP contribution in [-0.4, -0.2) is 29.0 Å². The third kappa shape index (κ3) is 2.50. The van der Waals surface area contributed by atoms with Gasteiger partial charge in [0.2, 0.25) is 0 Å². The van der Waals surface area contributed by atoms with Crippen LogP contribution in [0.3, 0.4) is 0 Å². The van der Waals surface area contributed by atoms with Crippen LogP contribution in [0.25, 0.3) is 10.9 Å². The second-order valence-electron chi connectivity index (χ2n) is 6.43. The molecule has 3 nitrogen and oxygen atoms in total. The van der Waals surface area contributed by atoms with Gasteiger partial charge >= 0.3 is 0 Å². The van der Waals surface area contributed by atoms with Gasteiger partial charge in [0.1, 0.15) is 11.3 Å². The van der Waals surface area contributed by atoms with Crippen molar-refractivity contribution in [1.29, 1.82) is 0 Å². The van der Waals surface area contributed by atoms with E-state index in [4.69, 9.17) is 0 Å². The Balaban J connectivity index is 1.84. The number of fused-ring (bicyclic) bond motifs is 2. The lowest BCUT2D eigenvalue weighted by atomic mass is 9.95. The smallest absolute Gasteiger partial charge is 0.149 e. The Kier molecular flexibility index (Phi) is 3.59. The van der Waals surface area contributed by atoms with Gasteiger partial charge in [-0.1, -0.05) is 19.1 Å². The monoisotopic (exact) mass is 299 g/mol. The molecule has 2 aromatic rings. The van der Waals surface area contributed by atoms with Crippen LogP contribution in [0.4, 0.5) is 4.39 Å². The maximum Gasteiger partial charge on any atom is 0.149 e. The number of rotatable bonds is 4. The molecule has 0 atom stereocenters. The van der Waals surface area contributed by atoms with Crippen LogP contribution >= 0.6 is 0 Å². The van der Waals surface area contributed by atoms with Crippen molar-refractivity contribution in [3.05, 3.63) is 40.8 Å². The van der Waals surface area contributed by atoms with Crippen LogP contribution in [0, 0.1) is 5.82 Å². The Morgan fingerprint density at radius 3 is 3.00 bits per heavy atom. The lowest BCUT2D eigenvalue weighted by Gasteiger charge is -2.29. The van der Waals surface area contributed by atoms with E-state index >= 15 is 0 Å². The highest BCUT2D eigenvalue weighted by Crippen LogP contribution is 2.30. The molecule has 1 aliphatic carbocycles. The third-order valence-corrected chi connectivity index (χ3v) is 4.91. The summed E-state index contributed by atoms with van der Waals surface area (Å²) in [6, 6.07) is 5.98. The molecule has 1 fully saturated rings. The molecule has 4 heteroatoms. The normalized spacial score (nSPS) is 18.6. The fourth-order valence-corrected chi connectivity index (χ4v) is 3.38. The van der Waals surface area contributed by atoms with E-state index in [-0.39, 0.29) is 5.82 Å². The lowest BCUT2D eigenvalue weighted by molar-refractivity contribution is 0.265. The summed E-state index contributed by atoms with van der Waals surface area (Å²) in [5.41, 5.74) is 4.21. The van der Waals surface area contributed by atoms with Crippen molar-refractivity contribution in [2.75, 3.05) is 13.1 Å². The Morgan fingerprint density at radius 1 is 1.36 bits per heavy atom. The number of benzene rings is 1. The minimum Gasteiger partial charge on any atom is -0.310 e. The number of nitrogens with zero attached hydrogens (tertiary/aromatic N) is 2. The fourth-order valence-electron chi connectivity index (χ4n) is 3.38. The predicted octanol–water partition coefficient (Wildman–Crippen LogP) is 3.00. The van der Waals surface area contributed by atoms with Gasteiger partial charge in [-0.25, -0.2) is 9.37 Å². The molecule has 0 saturated heterocycles. The quantitative estimate of drug-likeness (QED) is 0.940. The Hall–Kier alpha value is -1.52. The van der Waals surface area contributed by atoms with Gasteiger partial charge in [-0.05, 0) is 36.6 Å². The van der Waals surface area contributed by atoms with Gasteiger partial charge in [0.15, 0.2) is 0 Å². The number of aromatic nitrogens is 1. The summed E-state index contributed by atoms with van der Waals surface area (Å²) >= 11 is 0. The van der Waals surface area contributed by atoms with Gasteiger partial charge in [-0.3, -0.25) is 4.90 Å². The molecule has 0 bridgehead atoms. The van der Waals surface area contributed by atoms with Crippen molar-refractivity contribution in [1.82, 2.24) is 15.2 Å². The van der Waals surface area contributed by atoms with E-state index < -0.39 is 0 Å². The Labute approximate surface area is 130 Å². The first kappa shape index (κ1) is 14.1. The molecule has 2 heterocycles. The summed E-state index contributed by atoms with van der Waals surface area (Å²) in [6.45, 7) is 6.03. The molecule has 0 amide bonds. The predicted molar refractivity (Wildman–Crippen MR) is 86.2 cm³/mol. The van der Waals surface area contributed by atoms with E-state index in [0.29, 0.717) is 11.6 Å². The average molecular weight is 299 g/mol. The van der Waals surface area contributed by atoms with E-state index in [1.807, 2.05) is 6.07 Å². The highest BCUT2D eigenvalue weighted by molar-refractivity contribution is 5.84. The first-order valence-corrected chi connectivity index (χ1v) is 8.31. The standard InChI is InChI=1S/C18H22FN3/c1-2-22-9-8-17-15(11-22)14(10-20-12-6-7-12)13-4-3-5-16(19)18(13)21-17/h3-5,12,20H,2,6-11H2,1H3. The topological polar surface area (TPSA) is 28.2 Å².